The number of cyclic esters (lactones) is 1. The lowest BCUT2D eigenvalue weighted by molar-refractivity contribution is 0.107. The molecular weight excluding hydrogens is 371 g/mol. The van der Waals surface area contributed by atoms with Crippen LogP contribution in [0.15, 0.2) is 47.4 Å². The van der Waals surface area contributed by atoms with Gasteiger partial charge in [0.15, 0.2) is 0 Å². The van der Waals surface area contributed by atoms with E-state index < -0.39 is 28.0 Å². The van der Waals surface area contributed by atoms with E-state index in [1.165, 1.54) is 23.1 Å². The van der Waals surface area contributed by atoms with E-state index in [0.29, 0.717) is 24.1 Å². The van der Waals surface area contributed by atoms with Gasteiger partial charge in [-0.05, 0) is 43.2 Å². The van der Waals surface area contributed by atoms with Crippen LogP contribution in [0.4, 0.5) is 14.9 Å². The highest BCUT2D eigenvalue weighted by atomic mass is 32.2. The van der Waals surface area contributed by atoms with Crippen molar-refractivity contribution in [2.24, 2.45) is 0 Å². The number of carbonyl (C=O) groups is 1. The third kappa shape index (κ3) is 3.96. The van der Waals surface area contributed by atoms with Crippen LogP contribution in [-0.2, 0) is 21.3 Å². The van der Waals surface area contributed by atoms with E-state index in [1.54, 1.807) is 31.2 Å². The molecule has 0 saturated heterocycles. The van der Waals surface area contributed by atoms with E-state index in [2.05, 4.69) is 4.72 Å². The summed E-state index contributed by atoms with van der Waals surface area (Å²) in [4.78, 5) is 13.5. The van der Waals surface area contributed by atoms with E-state index >= 15 is 0 Å². The van der Waals surface area contributed by atoms with Crippen molar-refractivity contribution in [2.45, 2.75) is 37.8 Å². The highest BCUT2D eigenvalue weighted by Gasteiger charge is 2.33. The van der Waals surface area contributed by atoms with Crippen LogP contribution in [0.1, 0.15) is 37.5 Å². The number of rotatable bonds is 6. The summed E-state index contributed by atoms with van der Waals surface area (Å²) < 4.78 is 47.2. The van der Waals surface area contributed by atoms with Crippen LogP contribution in [0.2, 0.25) is 0 Å². The summed E-state index contributed by atoms with van der Waals surface area (Å²) in [6.45, 7) is 3.82. The maximum atomic E-state index is 14.8. The van der Waals surface area contributed by atoms with Gasteiger partial charge in [0.1, 0.15) is 11.9 Å². The second-order valence-corrected chi connectivity index (χ2v) is 8.10. The Balaban J connectivity index is 1.88. The summed E-state index contributed by atoms with van der Waals surface area (Å²) in [6, 6.07) is 10.9. The molecule has 0 spiro atoms. The molecule has 1 aliphatic heterocycles. The fraction of sp³-hybridized carbons (Fsp3) is 0.316. The maximum absolute atomic E-state index is 14.8. The van der Waals surface area contributed by atoms with Crippen molar-refractivity contribution in [1.82, 2.24) is 4.72 Å². The van der Waals surface area contributed by atoms with Gasteiger partial charge in [0, 0.05) is 18.7 Å². The molecule has 27 heavy (non-hydrogen) atoms. The molecule has 1 atom stereocenters. The van der Waals surface area contributed by atoms with Gasteiger partial charge in [-0.25, -0.2) is 22.3 Å². The predicted octanol–water partition coefficient (Wildman–Crippen LogP) is 3.73. The minimum atomic E-state index is -3.70. The average Bonchev–Trinajstić information content (AvgIpc) is 2.64. The number of amides is 1. The second-order valence-electron chi connectivity index (χ2n) is 6.33. The number of nitrogens with zero attached hydrogens (tertiary/aromatic N) is 1. The molecule has 0 radical (unpaired) electrons. The van der Waals surface area contributed by atoms with Gasteiger partial charge in [-0.15, -0.1) is 0 Å². The van der Waals surface area contributed by atoms with Gasteiger partial charge in [-0.1, -0.05) is 25.1 Å². The summed E-state index contributed by atoms with van der Waals surface area (Å²) >= 11 is 0. The fourth-order valence-corrected chi connectivity index (χ4v) is 4.07. The molecule has 6 nitrogen and oxygen atoms in total. The quantitative estimate of drug-likeness (QED) is 0.813. The molecule has 1 heterocycles. The van der Waals surface area contributed by atoms with E-state index in [0.717, 1.165) is 0 Å². The summed E-state index contributed by atoms with van der Waals surface area (Å²) in [5.41, 5.74) is 1.18. The Kier molecular flexibility index (Phi) is 5.48. The number of benzene rings is 2. The van der Waals surface area contributed by atoms with Crippen LogP contribution < -0.4 is 9.62 Å². The molecule has 1 amide bonds. The largest absolute Gasteiger partial charge is 0.441 e. The number of anilines is 1. The van der Waals surface area contributed by atoms with Crippen molar-refractivity contribution >= 4 is 21.8 Å². The number of ether oxygens (including phenoxy) is 1. The third-order valence-electron chi connectivity index (χ3n) is 4.33. The molecule has 0 aromatic heterocycles. The van der Waals surface area contributed by atoms with Gasteiger partial charge in [-0.3, -0.25) is 4.90 Å². The highest BCUT2D eigenvalue weighted by Crippen LogP contribution is 2.37. The molecule has 1 N–H and O–H groups in total. The normalized spacial score (nSPS) is 16.8. The molecule has 2 aromatic carbocycles. The van der Waals surface area contributed by atoms with Crippen LogP contribution in [0.25, 0.3) is 0 Å². The van der Waals surface area contributed by atoms with Gasteiger partial charge in [-0.2, -0.15) is 0 Å². The Hall–Kier alpha value is -2.45. The fourth-order valence-electron chi connectivity index (χ4n) is 3.03. The van der Waals surface area contributed by atoms with Crippen LogP contribution in [0.3, 0.4) is 0 Å². The molecule has 1 aliphatic rings. The maximum Gasteiger partial charge on any atom is 0.414 e. The number of fused-ring (bicyclic) bond motifs is 1. The van der Waals surface area contributed by atoms with Crippen molar-refractivity contribution in [1.29, 1.82) is 0 Å². The Morgan fingerprint density at radius 3 is 2.59 bits per heavy atom. The van der Waals surface area contributed by atoms with E-state index in [1.807, 2.05) is 6.92 Å². The molecule has 2 aromatic rings. The molecule has 3 rings (SSSR count). The van der Waals surface area contributed by atoms with E-state index in [9.17, 15) is 17.6 Å². The molecule has 0 bridgehead atoms. The minimum Gasteiger partial charge on any atom is -0.441 e. The smallest absolute Gasteiger partial charge is 0.414 e. The van der Waals surface area contributed by atoms with E-state index in [4.69, 9.17) is 4.74 Å². The first-order chi connectivity index (χ1) is 12.8. The summed E-state index contributed by atoms with van der Waals surface area (Å²) in [7, 11) is -3.70. The zero-order chi connectivity index (χ0) is 19.6. The van der Waals surface area contributed by atoms with Crippen molar-refractivity contribution in [3.8, 4) is 0 Å². The van der Waals surface area contributed by atoms with Crippen molar-refractivity contribution in [3.63, 3.8) is 0 Å². The molecule has 8 heteroatoms. The van der Waals surface area contributed by atoms with Crippen LogP contribution >= 0.6 is 0 Å². The second kappa shape index (κ2) is 7.66. The number of sulfonamides is 1. The summed E-state index contributed by atoms with van der Waals surface area (Å²) in [5, 5.41) is 0. The standard InChI is InChI=1S/C19H21FN2O4S/c1-3-9-22-18-16(13(2)26-19(22)23)10-14(11-17(18)20)12-21-27(24,25)15-7-5-4-6-8-15/h4-8,10-11,13,21H,3,9,12H2,1-2H3. The van der Waals surface area contributed by atoms with Crippen molar-refractivity contribution < 1.29 is 22.3 Å². The summed E-state index contributed by atoms with van der Waals surface area (Å²) in [6.07, 6.45) is -0.532. The van der Waals surface area contributed by atoms with Gasteiger partial charge in [0.25, 0.3) is 0 Å². The summed E-state index contributed by atoms with van der Waals surface area (Å²) in [5.74, 6) is -0.571. The monoisotopic (exact) mass is 392 g/mol. The SMILES string of the molecule is CCCN1C(=O)OC(C)c2cc(CNS(=O)(=O)c3ccccc3)cc(F)c21. The van der Waals surface area contributed by atoms with Crippen LogP contribution in [0, 0.1) is 5.82 Å². The van der Waals surface area contributed by atoms with Gasteiger partial charge in [0.05, 0.1) is 10.6 Å². The molecular formula is C19H21FN2O4S. The van der Waals surface area contributed by atoms with Crippen molar-refractivity contribution in [3.05, 3.63) is 59.4 Å². The van der Waals surface area contributed by atoms with Crippen LogP contribution in [-0.4, -0.2) is 21.1 Å². The molecule has 0 fully saturated rings. The number of carbonyl (C=O) groups excluding carboxylic acids is 1. The predicted molar refractivity (Wildman–Crippen MR) is 99.4 cm³/mol. The highest BCUT2D eigenvalue weighted by molar-refractivity contribution is 7.89. The van der Waals surface area contributed by atoms with E-state index in [-0.39, 0.29) is 17.1 Å². The average molecular weight is 392 g/mol. The lowest BCUT2D eigenvalue weighted by atomic mass is 10.0. The topological polar surface area (TPSA) is 75.7 Å². The number of hydrogen-bond donors (Lipinski definition) is 1. The third-order valence-corrected chi connectivity index (χ3v) is 5.74. The Morgan fingerprint density at radius 1 is 1.22 bits per heavy atom. The Bertz CT molecular complexity index is 948. The molecule has 0 saturated carbocycles. The first-order valence-electron chi connectivity index (χ1n) is 8.68. The van der Waals surface area contributed by atoms with Crippen LogP contribution in [0.5, 0.6) is 0 Å². The van der Waals surface area contributed by atoms with Gasteiger partial charge >= 0.3 is 6.09 Å². The Labute approximate surface area is 158 Å². The zero-order valence-corrected chi connectivity index (χ0v) is 15.9. The molecule has 0 aliphatic carbocycles. The molecule has 144 valence electrons. The zero-order valence-electron chi connectivity index (χ0n) is 15.1. The minimum absolute atomic E-state index is 0.0735. The lowest BCUT2D eigenvalue weighted by Gasteiger charge is -2.33. The lowest BCUT2D eigenvalue weighted by Crippen LogP contribution is -2.38. The Morgan fingerprint density at radius 2 is 1.93 bits per heavy atom. The van der Waals surface area contributed by atoms with Gasteiger partial charge < -0.3 is 4.74 Å². The molecule has 1 unspecified atom stereocenters. The number of nitrogens with one attached hydrogen (secondary N) is 1. The van der Waals surface area contributed by atoms with Crippen molar-refractivity contribution in [2.75, 3.05) is 11.4 Å². The van der Waals surface area contributed by atoms with Gasteiger partial charge in [0.2, 0.25) is 10.0 Å². The first-order valence-corrected chi connectivity index (χ1v) is 10.2. The number of halogens is 1. The first kappa shape index (κ1) is 19.3. The number of hydrogen-bond acceptors (Lipinski definition) is 4.